The van der Waals surface area contributed by atoms with Crippen molar-refractivity contribution in [2.24, 2.45) is 0 Å². The second-order valence-electron chi connectivity index (χ2n) is 6.61. The molecular weight excluding hydrogens is 298 g/mol. The Morgan fingerprint density at radius 2 is 2.17 bits per heavy atom. The lowest BCUT2D eigenvalue weighted by Crippen LogP contribution is -2.43. The van der Waals surface area contributed by atoms with Crippen molar-refractivity contribution in [3.05, 3.63) is 23.9 Å². The number of esters is 1. The Kier molecular flexibility index (Phi) is 4.42. The number of pyridine rings is 1. The van der Waals surface area contributed by atoms with Gasteiger partial charge in [-0.25, -0.2) is 9.78 Å². The van der Waals surface area contributed by atoms with Gasteiger partial charge in [0.2, 0.25) is 0 Å². The monoisotopic (exact) mass is 319 g/mol. The zero-order valence-corrected chi connectivity index (χ0v) is 13.6. The number of nitrogens with zero attached hydrogens (tertiary/aromatic N) is 1. The largest absolute Gasteiger partial charge is 0.457 e. The fraction of sp³-hybridized carbons (Fsp3) is 0.438. The maximum Gasteiger partial charge on any atom is 0.331 e. The summed E-state index contributed by atoms with van der Waals surface area (Å²) in [7, 11) is 0. The molecule has 0 spiro atoms. The van der Waals surface area contributed by atoms with Crippen LogP contribution < -0.4 is 10.6 Å². The Balaban J connectivity index is 2.15. The van der Waals surface area contributed by atoms with Crippen LogP contribution >= 0.6 is 0 Å². The lowest BCUT2D eigenvalue weighted by molar-refractivity contribution is -0.148. The second-order valence-corrected chi connectivity index (χ2v) is 6.61. The van der Waals surface area contributed by atoms with E-state index >= 15 is 0 Å². The van der Waals surface area contributed by atoms with Gasteiger partial charge in [-0.2, -0.15) is 0 Å². The van der Waals surface area contributed by atoms with Gasteiger partial charge in [0.15, 0.2) is 11.4 Å². The van der Waals surface area contributed by atoms with E-state index in [-0.39, 0.29) is 6.54 Å². The molecule has 1 aliphatic rings. The highest BCUT2D eigenvalue weighted by atomic mass is 16.6. The number of fused-ring (bicyclic) bond motifs is 1. The zero-order valence-electron chi connectivity index (χ0n) is 13.6. The van der Waals surface area contributed by atoms with Crippen LogP contribution in [0.5, 0.6) is 0 Å². The molecule has 0 saturated heterocycles. The molecule has 0 bridgehead atoms. The van der Waals surface area contributed by atoms with E-state index in [2.05, 4.69) is 15.6 Å². The lowest BCUT2D eigenvalue weighted by atomic mass is 10.1. The summed E-state index contributed by atoms with van der Waals surface area (Å²) in [6, 6.07) is 1.73. The fourth-order valence-electron chi connectivity index (χ4n) is 1.90. The average Bonchev–Trinajstić information content (AvgIpc) is 2.52. The van der Waals surface area contributed by atoms with Gasteiger partial charge in [-0.3, -0.25) is 4.79 Å². The van der Waals surface area contributed by atoms with Gasteiger partial charge in [0.1, 0.15) is 5.60 Å². The van der Waals surface area contributed by atoms with Gasteiger partial charge in [0.25, 0.3) is 5.91 Å². The molecule has 124 valence electrons. The molecule has 0 fully saturated rings. The molecule has 1 aromatic heterocycles. The van der Waals surface area contributed by atoms with Gasteiger partial charge < -0.3 is 20.5 Å². The lowest BCUT2D eigenvalue weighted by Gasteiger charge is -2.18. The van der Waals surface area contributed by atoms with Crippen LogP contribution in [0.25, 0.3) is 6.08 Å². The Labute approximate surface area is 134 Å². The number of aliphatic hydroxyl groups is 1. The maximum absolute atomic E-state index is 11.8. The number of hydrogen-bond donors (Lipinski definition) is 3. The number of aromatic nitrogens is 1. The molecule has 23 heavy (non-hydrogen) atoms. The number of carbonyl (C=O) groups excluding carboxylic acids is 2. The number of hydrogen-bond acceptors (Lipinski definition) is 6. The molecular formula is C16H21N3O4. The van der Waals surface area contributed by atoms with E-state index in [0.717, 1.165) is 0 Å². The fourth-order valence-corrected chi connectivity index (χ4v) is 1.90. The zero-order chi connectivity index (χ0) is 17.3. The van der Waals surface area contributed by atoms with Gasteiger partial charge in [-0.05, 0) is 45.4 Å². The summed E-state index contributed by atoms with van der Waals surface area (Å²) >= 11 is 0. The molecule has 1 aromatic rings. The summed E-state index contributed by atoms with van der Waals surface area (Å²) in [4.78, 5) is 27.6. The number of nitrogens with one attached hydrogen (secondary N) is 2. The van der Waals surface area contributed by atoms with Crippen LogP contribution in [0.4, 0.5) is 11.5 Å². The summed E-state index contributed by atoms with van der Waals surface area (Å²) in [5.41, 5.74) is -0.835. The van der Waals surface area contributed by atoms with E-state index in [1.54, 1.807) is 32.9 Å². The first-order chi connectivity index (χ1) is 10.6. The van der Waals surface area contributed by atoms with Crippen LogP contribution in [0.2, 0.25) is 0 Å². The molecule has 2 rings (SSSR count). The van der Waals surface area contributed by atoms with Crippen molar-refractivity contribution in [1.82, 2.24) is 4.98 Å². The highest BCUT2D eigenvalue weighted by Gasteiger charge is 2.33. The molecule has 3 N–H and O–H groups in total. The molecule has 1 amide bonds. The first-order valence-electron chi connectivity index (χ1n) is 7.26. The first kappa shape index (κ1) is 17.0. The Morgan fingerprint density at radius 1 is 1.48 bits per heavy atom. The Morgan fingerprint density at radius 3 is 2.83 bits per heavy atom. The Bertz CT molecular complexity index is 660. The summed E-state index contributed by atoms with van der Waals surface area (Å²) in [5, 5.41) is 15.5. The molecule has 2 heterocycles. The highest BCUT2D eigenvalue weighted by Crippen LogP contribution is 2.25. The Hall–Kier alpha value is -2.41. The normalized spacial score (nSPS) is 21.2. The van der Waals surface area contributed by atoms with Crippen LogP contribution in [0, 0.1) is 0 Å². The quantitative estimate of drug-likeness (QED) is 0.565. The van der Waals surface area contributed by atoms with Crippen LogP contribution in [0.15, 0.2) is 18.3 Å². The van der Waals surface area contributed by atoms with Crippen molar-refractivity contribution in [3.8, 4) is 0 Å². The predicted molar refractivity (Wildman–Crippen MR) is 86.9 cm³/mol. The van der Waals surface area contributed by atoms with E-state index < -0.39 is 23.1 Å². The topological polar surface area (TPSA) is 101 Å². The number of β-amino-alcohol motifs (C(OH)–C–C–N with tert-alkyl or cyclic N) is 1. The third kappa shape index (κ3) is 4.53. The van der Waals surface area contributed by atoms with Crippen LogP contribution in [-0.2, 0) is 14.3 Å². The predicted octanol–water partition coefficient (Wildman–Crippen LogP) is 1.55. The van der Waals surface area contributed by atoms with E-state index in [9.17, 15) is 14.7 Å². The van der Waals surface area contributed by atoms with E-state index in [1.165, 1.54) is 19.2 Å². The molecule has 7 heteroatoms. The van der Waals surface area contributed by atoms with Gasteiger partial charge in [-0.15, -0.1) is 0 Å². The third-order valence-corrected chi connectivity index (χ3v) is 3.07. The molecule has 1 unspecified atom stereocenters. The standard InChI is InChI=1S/C16H21N3O4/c1-15(2,3)23-12(20)6-5-10-7-11-13(17-8-10)19-14(21)16(4,22)9-18-11/h5-8,18,22H,9H2,1-4H3,(H,17,19,21). The minimum absolute atomic E-state index is 0.0622. The van der Waals surface area contributed by atoms with Gasteiger partial charge in [0.05, 0.1) is 12.2 Å². The second kappa shape index (κ2) is 6.00. The SMILES string of the molecule is CC(C)(C)OC(=O)C=Cc1cnc2c(c1)NCC(C)(O)C(=O)N2. The average molecular weight is 319 g/mol. The first-order valence-corrected chi connectivity index (χ1v) is 7.26. The summed E-state index contributed by atoms with van der Waals surface area (Å²) in [5.74, 6) is -0.632. The minimum Gasteiger partial charge on any atom is -0.457 e. The maximum atomic E-state index is 11.8. The van der Waals surface area contributed by atoms with Gasteiger partial charge >= 0.3 is 5.97 Å². The molecule has 0 radical (unpaired) electrons. The molecule has 1 aliphatic heterocycles. The van der Waals surface area contributed by atoms with Crippen molar-refractivity contribution in [1.29, 1.82) is 0 Å². The number of amides is 1. The molecule has 1 atom stereocenters. The summed E-state index contributed by atoms with van der Waals surface area (Å²) in [6.07, 6.45) is 4.41. The summed E-state index contributed by atoms with van der Waals surface area (Å²) < 4.78 is 5.18. The van der Waals surface area contributed by atoms with E-state index in [4.69, 9.17) is 4.74 Å². The van der Waals surface area contributed by atoms with Crippen LogP contribution in [0.1, 0.15) is 33.3 Å². The van der Waals surface area contributed by atoms with Crippen LogP contribution in [0.3, 0.4) is 0 Å². The summed E-state index contributed by atoms with van der Waals surface area (Å²) in [6.45, 7) is 6.86. The highest BCUT2D eigenvalue weighted by molar-refractivity contribution is 6.00. The minimum atomic E-state index is -1.52. The van der Waals surface area contributed by atoms with Crippen molar-refractivity contribution in [2.75, 3.05) is 17.2 Å². The van der Waals surface area contributed by atoms with Crippen molar-refractivity contribution >= 4 is 29.5 Å². The third-order valence-electron chi connectivity index (χ3n) is 3.07. The van der Waals surface area contributed by atoms with Crippen LogP contribution in [-0.4, -0.2) is 39.7 Å². The smallest absolute Gasteiger partial charge is 0.331 e. The molecule has 0 aliphatic carbocycles. The van der Waals surface area contributed by atoms with E-state index in [0.29, 0.717) is 17.1 Å². The van der Waals surface area contributed by atoms with Crippen molar-refractivity contribution in [3.63, 3.8) is 0 Å². The number of carbonyl (C=O) groups is 2. The molecule has 0 saturated carbocycles. The number of anilines is 2. The number of rotatable bonds is 2. The molecule has 0 aromatic carbocycles. The van der Waals surface area contributed by atoms with Crippen molar-refractivity contribution in [2.45, 2.75) is 38.9 Å². The molecule has 7 nitrogen and oxygen atoms in total. The number of ether oxygens (including phenoxy) is 1. The van der Waals surface area contributed by atoms with Gasteiger partial charge in [0, 0.05) is 12.3 Å². The van der Waals surface area contributed by atoms with Gasteiger partial charge in [-0.1, -0.05) is 0 Å². The van der Waals surface area contributed by atoms with Crippen molar-refractivity contribution < 1.29 is 19.4 Å². The van der Waals surface area contributed by atoms with E-state index in [1.807, 2.05) is 0 Å².